The number of hydrogen-bond donors (Lipinski definition) is 0. The molecule has 0 saturated heterocycles. The van der Waals surface area contributed by atoms with Gasteiger partial charge in [0.25, 0.3) is 0 Å². The highest BCUT2D eigenvalue weighted by Crippen LogP contribution is 2.23. The van der Waals surface area contributed by atoms with Crippen LogP contribution in [0.1, 0.15) is 29.0 Å². The molecule has 0 aliphatic rings. The average Bonchev–Trinajstić information content (AvgIpc) is 2.46. The lowest BCUT2D eigenvalue weighted by Gasteiger charge is -2.11. The molecule has 2 rings (SSSR count). The molecule has 0 nitrogen and oxygen atoms in total. The van der Waals surface area contributed by atoms with E-state index in [1.54, 1.807) is 0 Å². The number of rotatable bonds is 3. The first-order valence-corrected chi connectivity index (χ1v) is 7.02. The van der Waals surface area contributed by atoms with Crippen molar-refractivity contribution in [1.82, 2.24) is 0 Å². The molecule has 100 valence electrons. The minimum atomic E-state index is 0.185. The van der Waals surface area contributed by atoms with Crippen LogP contribution in [0.15, 0.2) is 61.2 Å². The number of allylic oxidation sites excluding steroid dienone is 1. The molecule has 0 saturated carbocycles. The quantitative estimate of drug-likeness (QED) is 0.524. The Labute approximate surface area is 126 Å². The second-order valence-electron chi connectivity index (χ2n) is 4.71. The van der Waals surface area contributed by atoms with Crippen molar-refractivity contribution in [2.45, 2.75) is 19.3 Å². The van der Waals surface area contributed by atoms with E-state index in [2.05, 4.69) is 49.6 Å². The fraction of sp³-hybridized carbons (Fsp3) is 0.158. The fourth-order valence-corrected chi connectivity index (χ4v) is 2.24. The summed E-state index contributed by atoms with van der Waals surface area (Å²) < 4.78 is 0. The molecule has 2 aromatic carbocycles. The molecular weight excluding hydrogens is 264 g/mol. The maximum atomic E-state index is 5.88. The predicted molar refractivity (Wildman–Crippen MR) is 87.1 cm³/mol. The van der Waals surface area contributed by atoms with Gasteiger partial charge in [-0.1, -0.05) is 53.8 Å². The third-order valence-corrected chi connectivity index (χ3v) is 3.45. The zero-order valence-corrected chi connectivity index (χ0v) is 12.3. The maximum Gasteiger partial charge on any atom is 0.0492 e. The monoisotopic (exact) mass is 280 g/mol. The summed E-state index contributed by atoms with van der Waals surface area (Å²) in [6.45, 7) is 5.96. The fourth-order valence-electron chi connectivity index (χ4n) is 2.11. The Morgan fingerprint density at radius 2 is 1.85 bits per heavy atom. The molecule has 0 fully saturated rings. The zero-order valence-electron chi connectivity index (χ0n) is 11.6. The van der Waals surface area contributed by atoms with Crippen LogP contribution in [-0.2, 0) is 0 Å². The van der Waals surface area contributed by atoms with E-state index >= 15 is 0 Å². The van der Waals surface area contributed by atoms with Crippen molar-refractivity contribution in [3.05, 3.63) is 82.9 Å². The minimum Gasteiger partial charge on any atom is -0.103 e. The highest BCUT2D eigenvalue weighted by atomic mass is 35.5. The van der Waals surface area contributed by atoms with E-state index in [1.165, 1.54) is 11.1 Å². The normalized spacial score (nSPS) is 11.3. The van der Waals surface area contributed by atoms with Crippen molar-refractivity contribution >= 4 is 11.6 Å². The van der Waals surface area contributed by atoms with Crippen LogP contribution < -0.4 is 0 Å². The Bertz CT molecular complexity index is 641. The minimum absolute atomic E-state index is 0.185. The molecule has 2 aromatic rings. The van der Waals surface area contributed by atoms with Gasteiger partial charge < -0.3 is 0 Å². The SMILES string of the molecule is C=CCC(C#Cc1ccc(Cl)cc1)c1ccccc1C. The first-order chi connectivity index (χ1) is 9.70. The molecule has 0 bridgehead atoms. The summed E-state index contributed by atoms with van der Waals surface area (Å²) in [5.41, 5.74) is 3.52. The summed E-state index contributed by atoms with van der Waals surface area (Å²) in [5.74, 6) is 6.76. The maximum absolute atomic E-state index is 5.88. The van der Waals surface area contributed by atoms with Crippen molar-refractivity contribution in [3.8, 4) is 11.8 Å². The van der Waals surface area contributed by atoms with E-state index in [0.717, 1.165) is 17.0 Å². The van der Waals surface area contributed by atoms with Crippen molar-refractivity contribution in [3.63, 3.8) is 0 Å². The van der Waals surface area contributed by atoms with Gasteiger partial charge in [0, 0.05) is 16.5 Å². The Balaban J connectivity index is 2.29. The van der Waals surface area contributed by atoms with Gasteiger partial charge >= 0.3 is 0 Å². The van der Waals surface area contributed by atoms with Crippen molar-refractivity contribution in [2.75, 3.05) is 0 Å². The van der Waals surface area contributed by atoms with Crippen molar-refractivity contribution in [1.29, 1.82) is 0 Å². The van der Waals surface area contributed by atoms with Gasteiger partial charge in [-0.2, -0.15) is 0 Å². The molecule has 0 N–H and O–H groups in total. The summed E-state index contributed by atoms with van der Waals surface area (Å²) in [5, 5.41) is 0.733. The lowest BCUT2D eigenvalue weighted by Crippen LogP contribution is -1.97. The number of halogens is 1. The summed E-state index contributed by atoms with van der Waals surface area (Å²) in [7, 11) is 0. The summed E-state index contributed by atoms with van der Waals surface area (Å²) in [6.07, 6.45) is 2.78. The van der Waals surface area contributed by atoms with E-state index in [9.17, 15) is 0 Å². The Hall–Kier alpha value is -1.97. The summed E-state index contributed by atoms with van der Waals surface area (Å²) >= 11 is 5.88. The zero-order chi connectivity index (χ0) is 14.4. The largest absolute Gasteiger partial charge is 0.103 e. The predicted octanol–water partition coefficient (Wildman–Crippen LogP) is 5.36. The van der Waals surface area contributed by atoms with E-state index in [4.69, 9.17) is 11.6 Å². The molecule has 0 amide bonds. The van der Waals surface area contributed by atoms with Crippen LogP contribution in [0.3, 0.4) is 0 Å². The van der Waals surface area contributed by atoms with Crippen LogP contribution >= 0.6 is 11.6 Å². The van der Waals surface area contributed by atoms with Gasteiger partial charge in [0.05, 0.1) is 0 Å². The first-order valence-electron chi connectivity index (χ1n) is 6.64. The standard InChI is InChI=1S/C19H17Cl/c1-3-6-17(19-8-5-4-7-15(19)2)12-9-16-10-13-18(20)14-11-16/h3-5,7-8,10-11,13-14,17H,1,6H2,2H3. The van der Waals surface area contributed by atoms with Crippen LogP contribution in [0.25, 0.3) is 0 Å². The lowest BCUT2D eigenvalue weighted by atomic mass is 9.92. The second kappa shape index (κ2) is 6.98. The number of aryl methyl sites for hydroxylation is 1. The molecule has 1 heteroatoms. The molecule has 1 unspecified atom stereocenters. The Morgan fingerprint density at radius 1 is 1.15 bits per heavy atom. The molecule has 0 heterocycles. The molecule has 20 heavy (non-hydrogen) atoms. The highest BCUT2D eigenvalue weighted by molar-refractivity contribution is 6.30. The summed E-state index contributed by atoms with van der Waals surface area (Å²) in [6, 6.07) is 16.0. The van der Waals surface area contributed by atoms with Gasteiger partial charge in [-0.05, 0) is 48.7 Å². The molecule has 0 spiro atoms. The van der Waals surface area contributed by atoms with E-state index in [0.29, 0.717) is 0 Å². The van der Waals surface area contributed by atoms with E-state index < -0.39 is 0 Å². The highest BCUT2D eigenvalue weighted by Gasteiger charge is 2.08. The summed E-state index contributed by atoms with van der Waals surface area (Å²) in [4.78, 5) is 0. The van der Waals surface area contributed by atoms with Crippen LogP contribution in [0.4, 0.5) is 0 Å². The Kier molecular flexibility index (Phi) is 5.04. The van der Waals surface area contributed by atoms with Gasteiger partial charge in [0.1, 0.15) is 0 Å². The van der Waals surface area contributed by atoms with Crippen LogP contribution in [-0.4, -0.2) is 0 Å². The smallest absolute Gasteiger partial charge is 0.0492 e. The van der Waals surface area contributed by atoms with Crippen LogP contribution in [0.2, 0.25) is 5.02 Å². The molecular formula is C19H17Cl. The first kappa shape index (κ1) is 14.4. The van der Waals surface area contributed by atoms with Gasteiger partial charge in [0.2, 0.25) is 0 Å². The molecule has 0 aliphatic carbocycles. The topological polar surface area (TPSA) is 0 Å². The van der Waals surface area contributed by atoms with Gasteiger partial charge in [-0.25, -0.2) is 0 Å². The van der Waals surface area contributed by atoms with Crippen LogP contribution in [0, 0.1) is 18.8 Å². The molecule has 0 radical (unpaired) electrons. The number of benzene rings is 2. The molecule has 1 atom stereocenters. The van der Waals surface area contributed by atoms with Crippen LogP contribution in [0.5, 0.6) is 0 Å². The van der Waals surface area contributed by atoms with Crippen molar-refractivity contribution < 1.29 is 0 Å². The average molecular weight is 281 g/mol. The van der Waals surface area contributed by atoms with Gasteiger partial charge in [-0.15, -0.1) is 6.58 Å². The van der Waals surface area contributed by atoms with Crippen molar-refractivity contribution in [2.24, 2.45) is 0 Å². The molecule has 0 aliphatic heterocycles. The molecule has 0 aromatic heterocycles. The van der Waals surface area contributed by atoms with E-state index in [-0.39, 0.29) is 5.92 Å². The van der Waals surface area contributed by atoms with Gasteiger partial charge in [0.15, 0.2) is 0 Å². The second-order valence-corrected chi connectivity index (χ2v) is 5.15. The van der Waals surface area contributed by atoms with Gasteiger partial charge in [-0.3, -0.25) is 0 Å². The van der Waals surface area contributed by atoms with E-state index in [1.807, 2.05) is 30.3 Å². The Morgan fingerprint density at radius 3 is 2.50 bits per heavy atom. The lowest BCUT2D eigenvalue weighted by molar-refractivity contribution is 0.884. The number of hydrogen-bond acceptors (Lipinski definition) is 0. The third kappa shape index (κ3) is 3.76. The third-order valence-electron chi connectivity index (χ3n) is 3.20.